The number of hydrogen-bond acceptors (Lipinski definition) is 6. The SMILES string of the molecule is CC1(C)OB(c2ccc(C[C@@H](NC(=O)[C@H]3CCCN3C(=O)OCc3ccccc3)C(=O)O)cc2)OC1(C)C. The third-order valence-electron chi connectivity index (χ3n) is 7.55. The van der Waals surface area contributed by atoms with Crippen molar-refractivity contribution in [2.24, 2.45) is 0 Å². The van der Waals surface area contributed by atoms with E-state index in [9.17, 15) is 19.5 Å². The standard InChI is InChI=1S/C28H35BN2O7/c1-27(2)28(3,4)38-29(37-27)21-14-12-19(13-15-21)17-22(25(33)34)30-24(32)23-11-8-16-31(23)26(35)36-18-20-9-6-5-7-10-20/h5-7,9-10,12-15,22-23H,8,11,16-18H2,1-4H3,(H,30,32)(H,33,34)/t22-,23-/m1/s1. The molecule has 0 bridgehead atoms. The number of benzene rings is 2. The molecule has 0 saturated carbocycles. The first kappa shape index (κ1) is 27.7. The van der Waals surface area contributed by atoms with Gasteiger partial charge < -0.3 is 24.5 Å². The Balaban J connectivity index is 1.35. The van der Waals surface area contributed by atoms with Crippen LogP contribution in [-0.2, 0) is 36.7 Å². The smallest absolute Gasteiger partial charge is 0.480 e. The van der Waals surface area contributed by atoms with Crippen LogP contribution in [0.3, 0.4) is 0 Å². The Morgan fingerprint density at radius 3 is 2.26 bits per heavy atom. The van der Waals surface area contributed by atoms with Gasteiger partial charge in [0, 0.05) is 13.0 Å². The number of hydrogen-bond donors (Lipinski definition) is 2. The van der Waals surface area contributed by atoms with E-state index in [1.165, 1.54) is 4.90 Å². The maximum absolute atomic E-state index is 13.0. The van der Waals surface area contributed by atoms with Crippen molar-refractivity contribution in [3.63, 3.8) is 0 Å². The molecule has 0 aromatic heterocycles. The summed E-state index contributed by atoms with van der Waals surface area (Å²) in [6.07, 6.45) is 0.588. The van der Waals surface area contributed by atoms with Crippen LogP contribution in [0, 0.1) is 0 Å². The van der Waals surface area contributed by atoms with Crippen molar-refractivity contribution in [1.29, 1.82) is 0 Å². The molecule has 0 spiro atoms. The molecule has 2 heterocycles. The first-order chi connectivity index (χ1) is 18.0. The Morgan fingerprint density at radius 2 is 1.66 bits per heavy atom. The lowest BCUT2D eigenvalue weighted by molar-refractivity contribution is -0.142. The molecule has 2 fully saturated rings. The lowest BCUT2D eigenvalue weighted by Gasteiger charge is -2.32. The average molecular weight is 522 g/mol. The minimum atomic E-state index is -1.15. The summed E-state index contributed by atoms with van der Waals surface area (Å²) in [7, 11) is -0.515. The number of aliphatic carboxylic acids is 1. The zero-order valence-corrected chi connectivity index (χ0v) is 22.3. The Bertz CT molecular complexity index is 1140. The number of carbonyl (C=O) groups excluding carboxylic acids is 2. The van der Waals surface area contributed by atoms with Crippen LogP contribution in [0.1, 0.15) is 51.7 Å². The molecule has 0 radical (unpaired) electrons. The van der Waals surface area contributed by atoms with E-state index in [0.717, 1.165) is 16.6 Å². The third-order valence-corrected chi connectivity index (χ3v) is 7.55. The highest BCUT2D eigenvalue weighted by atomic mass is 16.7. The summed E-state index contributed by atoms with van der Waals surface area (Å²) in [5.41, 5.74) is 1.49. The highest BCUT2D eigenvalue weighted by Crippen LogP contribution is 2.36. The van der Waals surface area contributed by atoms with Crippen LogP contribution >= 0.6 is 0 Å². The van der Waals surface area contributed by atoms with Gasteiger partial charge in [0.1, 0.15) is 18.7 Å². The van der Waals surface area contributed by atoms with Crippen molar-refractivity contribution in [3.8, 4) is 0 Å². The Hall–Kier alpha value is -3.37. The van der Waals surface area contributed by atoms with Gasteiger partial charge in [0.15, 0.2) is 0 Å². The summed E-state index contributed by atoms with van der Waals surface area (Å²) in [5, 5.41) is 12.4. The first-order valence-corrected chi connectivity index (χ1v) is 12.9. The molecule has 2 atom stereocenters. The van der Waals surface area contributed by atoms with Crippen molar-refractivity contribution in [1.82, 2.24) is 10.2 Å². The van der Waals surface area contributed by atoms with Gasteiger partial charge in [-0.05, 0) is 57.1 Å². The maximum Gasteiger partial charge on any atom is 0.494 e. The monoisotopic (exact) mass is 522 g/mol. The quantitative estimate of drug-likeness (QED) is 0.513. The number of carboxylic acids is 1. The summed E-state index contributed by atoms with van der Waals surface area (Å²) in [5.74, 6) is -1.65. The number of likely N-dealkylation sites (tertiary alicyclic amines) is 1. The van der Waals surface area contributed by atoms with E-state index in [4.69, 9.17) is 14.0 Å². The topological polar surface area (TPSA) is 114 Å². The van der Waals surface area contributed by atoms with Gasteiger partial charge in [-0.3, -0.25) is 9.69 Å². The van der Waals surface area contributed by atoms with Gasteiger partial charge in [-0.15, -0.1) is 0 Å². The predicted molar refractivity (Wildman–Crippen MR) is 142 cm³/mol. The second kappa shape index (κ2) is 11.2. The number of carboxylic acid groups (broad SMARTS) is 1. The number of carbonyl (C=O) groups is 3. The molecule has 202 valence electrons. The molecule has 2 saturated heterocycles. The van der Waals surface area contributed by atoms with Crippen LogP contribution in [0.2, 0.25) is 0 Å². The van der Waals surface area contributed by atoms with Crippen molar-refractivity contribution >= 4 is 30.6 Å². The number of nitrogens with one attached hydrogen (secondary N) is 1. The number of nitrogens with zero attached hydrogens (tertiary/aromatic N) is 1. The van der Waals surface area contributed by atoms with Gasteiger partial charge in [-0.1, -0.05) is 54.6 Å². The molecular weight excluding hydrogens is 487 g/mol. The van der Waals surface area contributed by atoms with Crippen molar-refractivity contribution in [2.75, 3.05) is 6.54 Å². The summed E-state index contributed by atoms with van der Waals surface area (Å²) < 4.78 is 17.5. The molecule has 38 heavy (non-hydrogen) atoms. The molecule has 2 aliphatic heterocycles. The minimum absolute atomic E-state index is 0.0931. The molecule has 2 aromatic rings. The summed E-state index contributed by atoms with van der Waals surface area (Å²) in [6, 6.07) is 14.7. The fourth-order valence-corrected chi connectivity index (χ4v) is 4.55. The molecule has 10 heteroatoms. The lowest BCUT2D eigenvalue weighted by Crippen LogP contribution is -2.51. The van der Waals surface area contributed by atoms with Gasteiger partial charge in [-0.2, -0.15) is 0 Å². The van der Waals surface area contributed by atoms with Crippen LogP contribution in [0.4, 0.5) is 4.79 Å². The van der Waals surface area contributed by atoms with Crippen LogP contribution in [-0.4, -0.2) is 64.9 Å². The Morgan fingerprint density at radius 1 is 1.03 bits per heavy atom. The van der Waals surface area contributed by atoms with Gasteiger partial charge >= 0.3 is 19.2 Å². The summed E-state index contributed by atoms with van der Waals surface area (Å²) in [6.45, 7) is 8.41. The van der Waals surface area contributed by atoms with Gasteiger partial charge in [-0.25, -0.2) is 9.59 Å². The number of rotatable bonds is 8. The van der Waals surface area contributed by atoms with E-state index in [2.05, 4.69) is 5.32 Å². The highest BCUT2D eigenvalue weighted by Gasteiger charge is 2.51. The third kappa shape index (κ3) is 6.19. The molecule has 2 N–H and O–H groups in total. The molecular formula is C28H35BN2O7. The molecule has 2 amide bonds. The van der Waals surface area contributed by atoms with Gasteiger partial charge in [0.2, 0.25) is 5.91 Å². The molecule has 4 rings (SSSR count). The molecule has 2 aromatic carbocycles. The second-order valence-corrected chi connectivity index (χ2v) is 10.8. The van der Waals surface area contributed by atoms with Gasteiger partial charge in [0.25, 0.3) is 0 Å². The molecule has 2 aliphatic rings. The Kier molecular flexibility index (Phi) is 8.13. The van der Waals surface area contributed by atoms with E-state index in [1.54, 1.807) is 0 Å². The first-order valence-electron chi connectivity index (χ1n) is 12.9. The van der Waals surface area contributed by atoms with Crippen molar-refractivity contribution in [3.05, 3.63) is 65.7 Å². The van der Waals surface area contributed by atoms with E-state index in [-0.39, 0.29) is 13.0 Å². The molecule has 0 unspecified atom stereocenters. The highest BCUT2D eigenvalue weighted by molar-refractivity contribution is 6.62. The number of ether oxygens (including phenoxy) is 1. The van der Waals surface area contributed by atoms with E-state index >= 15 is 0 Å². The predicted octanol–water partition coefficient (Wildman–Crippen LogP) is 2.90. The van der Waals surface area contributed by atoms with Crippen LogP contribution in [0.5, 0.6) is 0 Å². The normalized spacial score (nSPS) is 20.7. The van der Waals surface area contributed by atoms with Crippen molar-refractivity contribution < 1.29 is 33.5 Å². The maximum atomic E-state index is 13.0. The van der Waals surface area contributed by atoms with E-state index in [0.29, 0.717) is 19.4 Å². The fourth-order valence-electron chi connectivity index (χ4n) is 4.55. The van der Waals surface area contributed by atoms with Crippen LogP contribution < -0.4 is 10.8 Å². The second-order valence-electron chi connectivity index (χ2n) is 10.8. The zero-order chi connectivity index (χ0) is 27.5. The van der Waals surface area contributed by atoms with Crippen LogP contribution in [0.15, 0.2) is 54.6 Å². The average Bonchev–Trinajstić information content (AvgIpc) is 3.45. The zero-order valence-electron chi connectivity index (χ0n) is 22.3. The largest absolute Gasteiger partial charge is 0.494 e. The van der Waals surface area contributed by atoms with Gasteiger partial charge in [0.05, 0.1) is 11.2 Å². The van der Waals surface area contributed by atoms with E-state index < -0.39 is 48.4 Å². The van der Waals surface area contributed by atoms with Crippen LogP contribution in [0.25, 0.3) is 0 Å². The summed E-state index contributed by atoms with van der Waals surface area (Å²) >= 11 is 0. The number of amides is 2. The van der Waals surface area contributed by atoms with Crippen molar-refractivity contribution in [2.45, 2.75) is 76.9 Å². The molecule has 0 aliphatic carbocycles. The minimum Gasteiger partial charge on any atom is -0.480 e. The molecule has 9 nitrogen and oxygen atoms in total. The summed E-state index contributed by atoms with van der Waals surface area (Å²) in [4.78, 5) is 39.0. The fraction of sp³-hybridized carbons (Fsp3) is 0.464. The van der Waals surface area contributed by atoms with E-state index in [1.807, 2.05) is 82.3 Å². The Labute approximate surface area is 223 Å². The lowest BCUT2D eigenvalue weighted by atomic mass is 9.78.